The summed E-state index contributed by atoms with van der Waals surface area (Å²) in [4.78, 5) is 13.8. The molecule has 4 heteroatoms. The summed E-state index contributed by atoms with van der Waals surface area (Å²) in [5, 5.41) is 0. The largest absolute Gasteiger partial charge is 0.288 e. The molecule has 1 heterocycles. The van der Waals surface area contributed by atoms with Gasteiger partial charge in [-0.25, -0.2) is 4.39 Å². The van der Waals surface area contributed by atoms with Crippen molar-refractivity contribution >= 4 is 33.0 Å². The molecule has 1 aromatic carbocycles. The normalized spacial score (nSPS) is 10.4. The number of hydrogen-bond acceptors (Lipinski definition) is 2. The number of thiophene rings is 1. The lowest BCUT2D eigenvalue weighted by Gasteiger charge is -1.98. The molecule has 0 aliphatic rings. The molecule has 2 rings (SSSR count). The highest BCUT2D eigenvalue weighted by molar-refractivity contribution is 9.10. The van der Waals surface area contributed by atoms with E-state index in [1.165, 1.54) is 35.6 Å². The second-order valence-electron chi connectivity index (χ2n) is 3.37. The zero-order valence-electron chi connectivity index (χ0n) is 8.46. The second-order valence-corrected chi connectivity index (χ2v) is 5.48. The van der Waals surface area contributed by atoms with E-state index in [0.29, 0.717) is 10.4 Å². The van der Waals surface area contributed by atoms with Gasteiger partial charge < -0.3 is 0 Å². The summed E-state index contributed by atoms with van der Waals surface area (Å²) < 4.78 is 13.5. The molecule has 0 bridgehead atoms. The van der Waals surface area contributed by atoms with Crippen LogP contribution in [0.4, 0.5) is 4.39 Å². The van der Waals surface area contributed by atoms with E-state index in [2.05, 4.69) is 15.9 Å². The van der Waals surface area contributed by atoms with Gasteiger partial charge in [0.1, 0.15) is 5.82 Å². The number of carbonyl (C=O) groups is 1. The van der Waals surface area contributed by atoms with E-state index in [-0.39, 0.29) is 11.6 Å². The number of carbonyl (C=O) groups excluding carboxylic acids is 1. The van der Waals surface area contributed by atoms with Gasteiger partial charge in [-0.2, -0.15) is 0 Å². The first-order valence-electron chi connectivity index (χ1n) is 4.64. The third kappa shape index (κ3) is 2.23. The maximum Gasteiger partial charge on any atom is 0.204 e. The highest BCUT2D eigenvalue weighted by Crippen LogP contribution is 2.29. The first-order valence-corrected chi connectivity index (χ1v) is 6.25. The van der Waals surface area contributed by atoms with Crippen LogP contribution in [0.25, 0.3) is 0 Å². The summed E-state index contributed by atoms with van der Waals surface area (Å²) in [6.07, 6.45) is 0. The van der Waals surface area contributed by atoms with Crippen molar-refractivity contribution in [2.75, 3.05) is 0 Å². The number of ketones is 1. The molecule has 0 amide bonds. The van der Waals surface area contributed by atoms with Gasteiger partial charge in [-0.15, -0.1) is 11.3 Å². The van der Waals surface area contributed by atoms with Crippen LogP contribution in [0.5, 0.6) is 0 Å². The lowest BCUT2D eigenvalue weighted by atomic mass is 10.1. The summed E-state index contributed by atoms with van der Waals surface area (Å²) in [5.41, 5.74) is 0.504. The second kappa shape index (κ2) is 4.47. The van der Waals surface area contributed by atoms with E-state index < -0.39 is 0 Å². The van der Waals surface area contributed by atoms with Crippen LogP contribution in [0.1, 0.15) is 20.1 Å². The number of halogens is 2. The van der Waals surface area contributed by atoms with E-state index in [9.17, 15) is 9.18 Å². The van der Waals surface area contributed by atoms with Crippen LogP contribution in [0.15, 0.2) is 34.8 Å². The van der Waals surface area contributed by atoms with Crippen LogP contribution < -0.4 is 0 Å². The topological polar surface area (TPSA) is 17.1 Å². The summed E-state index contributed by atoms with van der Waals surface area (Å²) in [6.45, 7) is 1.94. The molecular weight excluding hydrogens is 291 g/mol. The summed E-state index contributed by atoms with van der Waals surface area (Å²) in [5.74, 6) is -0.414. The van der Waals surface area contributed by atoms with Crippen molar-refractivity contribution in [1.82, 2.24) is 0 Å². The number of hydrogen-bond donors (Lipinski definition) is 0. The molecule has 0 saturated heterocycles. The standard InChI is InChI=1S/C12H8BrFOS/c1-7-6-10(13)12(16-7)11(15)8-2-4-9(14)5-3-8/h2-6H,1H3. The molecule has 0 aliphatic heterocycles. The average molecular weight is 299 g/mol. The van der Waals surface area contributed by atoms with Crippen molar-refractivity contribution in [3.05, 3.63) is 55.9 Å². The predicted molar refractivity (Wildman–Crippen MR) is 66.6 cm³/mol. The van der Waals surface area contributed by atoms with Crippen LogP contribution in [-0.2, 0) is 0 Å². The summed E-state index contributed by atoms with van der Waals surface area (Å²) in [6, 6.07) is 7.49. The number of benzene rings is 1. The molecule has 2 aromatic rings. The Bertz CT molecular complexity index is 530. The van der Waals surface area contributed by atoms with Crippen LogP contribution in [-0.4, -0.2) is 5.78 Å². The minimum Gasteiger partial charge on any atom is -0.288 e. The van der Waals surface area contributed by atoms with Gasteiger partial charge >= 0.3 is 0 Å². The van der Waals surface area contributed by atoms with E-state index >= 15 is 0 Å². The fourth-order valence-electron chi connectivity index (χ4n) is 1.37. The quantitative estimate of drug-likeness (QED) is 0.760. The van der Waals surface area contributed by atoms with E-state index in [1.54, 1.807) is 0 Å². The smallest absolute Gasteiger partial charge is 0.204 e. The molecule has 0 N–H and O–H groups in total. The van der Waals surface area contributed by atoms with Crippen molar-refractivity contribution in [3.8, 4) is 0 Å². The summed E-state index contributed by atoms with van der Waals surface area (Å²) in [7, 11) is 0. The van der Waals surface area contributed by atoms with Crippen LogP contribution in [0, 0.1) is 12.7 Å². The third-order valence-electron chi connectivity index (χ3n) is 2.12. The minimum atomic E-state index is -0.335. The highest BCUT2D eigenvalue weighted by Gasteiger charge is 2.15. The Balaban J connectivity index is 2.39. The van der Waals surface area contributed by atoms with E-state index in [0.717, 1.165) is 9.35 Å². The average Bonchev–Trinajstić information content (AvgIpc) is 2.58. The maximum atomic E-state index is 12.7. The maximum absolute atomic E-state index is 12.7. The lowest BCUT2D eigenvalue weighted by molar-refractivity contribution is 0.104. The molecule has 0 fully saturated rings. The molecule has 0 aliphatic carbocycles. The monoisotopic (exact) mass is 298 g/mol. The fourth-order valence-corrected chi connectivity index (χ4v) is 3.15. The Hall–Kier alpha value is -1.000. The van der Waals surface area contributed by atoms with Crippen LogP contribution in [0.3, 0.4) is 0 Å². The van der Waals surface area contributed by atoms with Gasteiger partial charge in [0.05, 0.1) is 4.88 Å². The van der Waals surface area contributed by atoms with Crippen LogP contribution in [0.2, 0.25) is 0 Å². The fraction of sp³-hybridized carbons (Fsp3) is 0.0833. The zero-order chi connectivity index (χ0) is 11.7. The van der Waals surface area contributed by atoms with Crippen molar-refractivity contribution in [1.29, 1.82) is 0 Å². The van der Waals surface area contributed by atoms with Gasteiger partial charge in [0.15, 0.2) is 0 Å². The van der Waals surface area contributed by atoms with Crippen molar-refractivity contribution in [2.45, 2.75) is 6.92 Å². The Morgan fingerprint density at radius 2 is 1.94 bits per heavy atom. The highest BCUT2D eigenvalue weighted by atomic mass is 79.9. The van der Waals surface area contributed by atoms with Crippen molar-refractivity contribution < 1.29 is 9.18 Å². The molecular formula is C12H8BrFOS. The van der Waals surface area contributed by atoms with Gasteiger partial charge in [-0.1, -0.05) is 0 Å². The first kappa shape index (κ1) is 11.5. The molecule has 0 atom stereocenters. The van der Waals surface area contributed by atoms with Gasteiger partial charge in [0.2, 0.25) is 5.78 Å². The molecule has 1 aromatic heterocycles. The third-order valence-corrected chi connectivity index (χ3v) is 4.06. The van der Waals surface area contributed by atoms with Crippen molar-refractivity contribution in [2.24, 2.45) is 0 Å². The molecule has 16 heavy (non-hydrogen) atoms. The molecule has 0 spiro atoms. The SMILES string of the molecule is Cc1cc(Br)c(C(=O)c2ccc(F)cc2)s1. The Morgan fingerprint density at radius 3 is 2.44 bits per heavy atom. The Labute approximate surface area is 105 Å². The Morgan fingerprint density at radius 1 is 1.31 bits per heavy atom. The zero-order valence-corrected chi connectivity index (χ0v) is 10.9. The minimum absolute atomic E-state index is 0.0787. The molecule has 0 saturated carbocycles. The molecule has 0 unspecified atom stereocenters. The van der Waals surface area contributed by atoms with E-state index in [1.807, 2.05) is 13.0 Å². The number of aryl methyl sites for hydroxylation is 1. The summed E-state index contributed by atoms with van der Waals surface area (Å²) >= 11 is 4.78. The van der Waals surface area contributed by atoms with E-state index in [4.69, 9.17) is 0 Å². The van der Waals surface area contributed by atoms with Gasteiger partial charge in [-0.05, 0) is 53.2 Å². The number of rotatable bonds is 2. The van der Waals surface area contributed by atoms with Crippen LogP contribution >= 0.6 is 27.3 Å². The van der Waals surface area contributed by atoms with Crippen molar-refractivity contribution in [3.63, 3.8) is 0 Å². The Kier molecular flexibility index (Phi) is 3.21. The molecule has 1 nitrogen and oxygen atoms in total. The predicted octanol–water partition coefficient (Wildman–Crippen LogP) is 4.19. The molecule has 0 radical (unpaired) electrons. The lowest BCUT2D eigenvalue weighted by Crippen LogP contribution is -1.99. The first-order chi connectivity index (χ1) is 7.58. The van der Waals surface area contributed by atoms with Gasteiger partial charge in [-0.3, -0.25) is 4.79 Å². The van der Waals surface area contributed by atoms with Gasteiger partial charge in [0, 0.05) is 14.9 Å². The van der Waals surface area contributed by atoms with Gasteiger partial charge in [0.25, 0.3) is 0 Å². The molecule has 82 valence electrons.